The Labute approximate surface area is 163 Å². The summed E-state index contributed by atoms with van der Waals surface area (Å²) in [5.41, 5.74) is 1.19. The molecule has 0 aromatic carbocycles. The molecule has 1 aliphatic rings. The van der Waals surface area contributed by atoms with Gasteiger partial charge in [-0.1, -0.05) is 0 Å². The Morgan fingerprint density at radius 2 is 2.36 bits per heavy atom. The van der Waals surface area contributed by atoms with Crippen LogP contribution in [0, 0.1) is 0 Å². The lowest BCUT2D eigenvalue weighted by molar-refractivity contribution is 0.137. The molecule has 0 saturated carbocycles. The molecule has 0 unspecified atom stereocenters. The van der Waals surface area contributed by atoms with E-state index in [1.165, 1.54) is 0 Å². The first kappa shape index (κ1) is 18.8. The summed E-state index contributed by atoms with van der Waals surface area (Å²) in [5.74, 6) is 0.646. The van der Waals surface area contributed by atoms with Crippen molar-refractivity contribution in [3.8, 4) is 11.3 Å². The maximum atomic E-state index is 15.0. The van der Waals surface area contributed by atoms with Crippen molar-refractivity contribution < 1.29 is 9.13 Å². The van der Waals surface area contributed by atoms with E-state index in [2.05, 4.69) is 20.7 Å². The number of halogens is 1. The van der Waals surface area contributed by atoms with Crippen molar-refractivity contribution >= 4 is 16.7 Å². The van der Waals surface area contributed by atoms with E-state index in [1.807, 2.05) is 29.1 Å². The van der Waals surface area contributed by atoms with Crippen molar-refractivity contribution in [1.29, 1.82) is 0 Å². The van der Waals surface area contributed by atoms with E-state index in [-0.39, 0.29) is 6.54 Å². The van der Waals surface area contributed by atoms with E-state index in [9.17, 15) is 0 Å². The van der Waals surface area contributed by atoms with Gasteiger partial charge in [-0.05, 0) is 37.6 Å². The number of pyridine rings is 2. The van der Waals surface area contributed by atoms with Gasteiger partial charge in [0, 0.05) is 37.0 Å². The number of ether oxygens (including phenoxy) is 1. The van der Waals surface area contributed by atoms with E-state index in [0.29, 0.717) is 31.9 Å². The summed E-state index contributed by atoms with van der Waals surface area (Å²) in [5, 5.41) is 11.6. The van der Waals surface area contributed by atoms with Crippen molar-refractivity contribution in [3.05, 3.63) is 36.8 Å². The number of nitrogens with zero attached hydrogens (tertiary/aromatic N) is 4. The summed E-state index contributed by atoms with van der Waals surface area (Å²) in [4.78, 5) is 9.22. The molecule has 7 nitrogen and oxygen atoms in total. The molecule has 0 radical (unpaired) electrons. The van der Waals surface area contributed by atoms with Crippen LogP contribution in [0.15, 0.2) is 36.8 Å². The van der Waals surface area contributed by atoms with Gasteiger partial charge in [0.15, 0.2) is 0 Å². The van der Waals surface area contributed by atoms with Gasteiger partial charge in [0.1, 0.15) is 11.5 Å². The molecule has 0 aliphatic carbocycles. The second kappa shape index (κ2) is 8.20. The first-order chi connectivity index (χ1) is 13.7. The van der Waals surface area contributed by atoms with Crippen molar-refractivity contribution in [1.82, 2.24) is 25.1 Å². The van der Waals surface area contributed by atoms with Gasteiger partial charge >= 0.3 is 0 Å². The SMILES string of the molecule is COCCn1cc(-c2cc3ncccc3c(NC[C@@]3(F)CCCNC3)n2)cn1. The third-order valence-corrected chi connectivity index (χ3v) is 5.05. The van der Waals surface area contributed by atoms with Crippen molar-refractivity contribution in [2.45, 2.75) is 25.1 Å². The summed E-state index contributed by atoms with van der Waals surface area (Å²) < 4.78 is 21.9. The molecule has 4 rings (SSSR count). The number of piperidine rings is 1. The van der Waals surface area contributed by atoms with Crippen LogP contribution in [0.1, 0.15) is 12.8 Å². The van der Waals surface area contributed by atoms with Crippen molar-refractivity contribution in [2.75, 3.05) is 38.7 Å². The van der Waals surface area contributed by atoms with Crippen molar-refractivity contribution in [2.24, 2.45) is 0 Å². The Balaban J connectivity index is 1.62. The van der Waals surface area contributed by atoms with E-state index >= 15 is 4.39 Å². The Kier molecular flexibility index (Phi) is 5.50. The topological polar surface area (TPSA) is 76.9 Å². The number of fused-ring (bicyclic) bond motifs is 1. The van der Waals surface area contributed by atoms with Crippen molar-refractivity contribution in [3.63, 3.8) is 0 Å². The summed E-state index contributed by atoms with van der Waals surface area (Å²) in [7, 11) is 1.67. The average Bonchev–Trinajstić information content (AvgIpc) is 3.20. The second-order valence-corrected chi connectivity index (χ2v) is 7.20. The summed E-state index contributed by atoms with van der Waals surface area (Å²) in [6.07, 6.45) is 6.85. The molecule has 0 spiro atoms. The third kappa shape index (κ3) is 4.13. The summed E-state index contributed by atoms with van der Waals surface area (Å²) in [6, 6.07) is 5.75. The Morgan fingerprint density at radius 3 is 3.18 bits per heavy atom. The highest BCUT2D eigenvalue weighted by molar-refractivity contribution is 5.91. The summed E-state index contributed by atoms with van der Waals surface area (Å²) >= 11 is 0. The van der Waals surface area contributed by atoms with Gasteiger partial charge in [0.2, 0.25) is 0 Å². The zero-order chi connectivity index (χ0) is 19.4. The van der Waals surface area contributed by atoms with E-state index in [0.717, 1.165) is 35.1 Å². The van der Waals surface area contributed by atoms with Crippen LogP contribution in [0.3, 0.4) is 0 Å². The van der Waals surface area contributed by atoms with Crippen LogP contribution in [0.25, 0.3) is 22.2 Å². The normalized spacial score (nSPS) is 19.8. The maximum Gasteiger partial charge on any atom is 0.140 e. The molecule has 3 aromatic heterocycles. The number of aromatic nitrogens is 4. The predicted molar refractivity (Wildman–Crippen MR) is 107 cm³/mol. The van der Waals surface area contributed by atoms with Gasteiger partial charge in [0.25, 0.3) is 0 Å². The lowest BCUT2D eigenvalue weighted by atomic mass is 9.96. The van der Waals surface area contributed by atoms with Gasteiger partial charge in [-0.2, -0.15) is 5.10 Å². The van der Waals surface area contributed by atoms with Gasteiger partial charge in [0.05, 0.1) is 37.1 Å². The third-order valence-electron chi connectivity index (χ3n) is 5.05. The quantitative estimate of drug-likeness (QED) is 0.652. The van der Waals surface area contributed by atoms with Crippen LogP contribution in [0.2, 0.25) is 0 Å². The Hall–Kier alpha value is -2.58. The molecule has 3 aromatic rings. The summed E-state index contributed by atoms with van der Waals surface area (Å²) in [6.45, 7) is 2.72. The minimum atomic E-state index is -1.27. The molecular formula is C20H25FN6O. The van der Waals surface area contributed by atoms with Crippen LogP contribution >= 0.6 is 0 Å². The molecule has 0 bridgehead atoms. The number of hydrogen-bond donors (Lipinski definition) is 2. The number of nitrogens with one attached hydrogen (secondary N) is 2. The second-order valence-electron chi connectivity index (χ2n) is 7.20. The molecule has 148 valence electrons. The van der Waals surface area contributed by atoms with E-state index in [4.69, 9.17) is 9.72 Å². The van der Waals surface area contributed by atoms with Gasteiger partial charge in [-0.15, -0.1) is 0 Å². The number of alkyl halides is 1. The molecule has 8 heteroatoms. The fraction of sp³-hybridized carbons (Fsp3) is 0.450. The number of rotatable bonds is 7. The zero-order valence-corrected chi connectivity index (χ0v) is 16.0. The highest BCUT2D eigenvalue weighted by Gasteiger charge is 2.31. The number of anilines is 1. The van der Waals surface area contributed by atoms with E-state index in [1.54, 1.807) is 19.5 Å². The Bertz CT molecular complexity index is 937. The molecule has 1 aliphatic heterocycles. The molecule has 1 saturated heterocycles. The van der Waals surface area contributed by atoms with Gasteiger partial charge < -0.3 is 15.4 Å². The largest absolute Gasteiger partial charge is 0.383 e. The molecular weight excluding hydrogens is 359 g/mol. The van der Waals surface area contributed by atoms with Crippen LogP contribution in [0.5, 0.6) is 0 Å². The fourth-order valence-electron chi connectivity index (χ4n) is 3.48. The lowest BCUT2D eigenvalue weighted by Gasteiger charge is -2.30. The smallest absolute Gasteiger partial charge is 0.140 e. The van der Waals surface area contributed by atoms with E-state index < -0.39 is 5.67 Å². The Morgan fingerprint density at radius 1 is 1.43 bits per heavy atom. The number of hydrogen-bond acceptors (Lipinski definition) is 6. The molecule has 1 fully saturated rings. The molecule has 28 heavy (non-hydrogen) atoms. The minimum absolute atomic E-state index is 0.216. The highest BCUT2D eigenvalue weighted by Crippen LogP contribution is 2.28. The minimum Gasteiger partial charge on any atom is -0.383 e. The standard InChI is InChI=1S/C20H25FN6O/c1-28-9-8-27-12-15(11-25-27)17-10-18-16(4-2-7-23-18)19(26-17)24-14-20(21)5-3-6-22-13-20/h2,4,7,10-12,22H,3,5-6,8-9,13-14H2,1H3,(H,24,26)/t20-/m1/s1. The van der Waals surface area contributed by atoms with Gasteiger partial charge in [-0.3, -0.25) is 9.67 Å². The fourth-order valence-corrected chi connectivity index (χ4v) is 3.48. The lowest BCUT2D eigenvalue weighted by Crippen LogP contribution is -2.46. The number of methoxy groups -OCH3 is 1. The molecule has 1 atom stereocenters. The molecule has 0 amide bonds. The monoisotopic (exact) mass is 384 g/mol. The first-order valence-electron chi connectivity index (χ1n) is 9.58. The zero-order valence-electron chi connectivity index (χ0n) is 16.0. The average molecular weight is 384 g/mol. The molecule has 2 N–H and O–H groups in total. The van der Waals surface area contributed by atoms with Crippen LogP contribution in [-0.4, -0.2) is 58.8 Å². The predicted octanol–water partition coefficient (Wildman–Crippen LogP) is 2.64. The maximum absolute atomic E-state index is 15.0. The molecule has 4 heterocycles. The van der Waals surface area contributed by atoms with Crippen LogP contribution in [-0.2, 0) is 11.3 Å². The van der Waals surface area contributed by atoms with Crippen LogP contribution < -0.4 is 10.6 Å². The van der Waals surface area contributed by atoms with Crippen LogP contribution in [0.4, 0.5) is 10.2 Å². The highest BCUT2D eigenvalue weighted by atomic mass is 19.1. The van der Waals surface area contributed by atoms with Gasteiger partial charge in [-0.25, -0.2) is 9.37 Å². The first-order valence-corrected chi connectivity index (χ1v) is 9.58.